The first-order valence-corrected chi connectivity index (χ1v) is 6.13. The molecule has 0 saturated heterocycles. The van der Waals surface area contributed by atoms with Crippen molar-refractivity contribution in [3.05, 3.63) is 23.7 Å². The summed E-state index contributed by atoms with van der Waals surface area (Å²) < 4.78 is 5.18. The van der Waals surface area contributed by atoms with Gasteiger partial charge in [-0.05, 0) is 29.8 Å². The molecule has 0 bridgehead atoms. The molecular weight excluding hydrogens is 220 g/mol. The van der Waals surface area contributed by atoms with Crippen LogP contribution in [-0.4, -0.2) is 11.0 Å². The van der Waals surface area contributed by atoms with Crippen LogP contribution in [0.15, 0.2) is 16.7 Å². The van der Waals surface area contributed by atoms with Gasteiger partial charge >= 0.3 is 0 Å². The fourth-order valence-electron chi connectivity index (χ4n) is 1.04. The van der Waals surface area contributed by atoms with Gasteiger partial charge in [0.25, 0.3) is 5.24 Å². The quantitative estimate of drug-likeness (QED) is 0.554. The van der Waals surface area contributed by atoms with Crippen LogP contribution in [0.3, 0.4) is 0 Å². The predicted octanol–water partition coefficient (Wildman–Crippen LogP) is 3.69. The van der Waals surface area contributed by atoms with E-state index in [4.69, 9.17) is 16.0 Å². The van der Waals surface area contributed by atoms with Gasteiger partial charge < -0.3 is 4.42 Å². The number of hydrogen-bond donors (Lipinski definition) is 0. The van der Waals surface area contributed by atoms with E-state index in [9.17, 15) is 4.79 Å². The van der Waals surface area contributed by atoms with Crippen LogP contribution in [0.5, 0.6) is 0 Å². The van der Waals surface area contributed by atoms with Gasteiger partial charge in [0, 0.05) is 0 Å². The number of halogens is 1. The van der Waals surface area contributed by atoms with Crippen molar-refractivity contribution in [2.75, 3.05) is 5.75 Å². The third-order valence-electron chi connectivity index (χ3n) is 1.83. The molecule has 0 aliphatic rings. The van der Waals surface area contributed by atoms with Gasteiger partial charge in [-0.15, -0.1) is 0 Å². The second-order valence-electron chi connectivity index (χ2n) is 2.94. The summed E-state index contributed by atoms with van der Waals surface area (Å²) in [6, 6.07) is 1.62. The number of carbonyl (C=O) groups is 1. The van der Waals surface area contributed by atoms with E-state index in [-0.39, 0.29) is 0 Å². The molecule has 14 heavy (non-hydrogen) atoms. The van der Waals surface area contributed by atoms with Crippen LogP contribution in [0, 0.1) is 0 Å². The van der Waals surface area contributed by atoms with Gasteiger partial charge in [-0.25, -0.2) is 0 Å². The molecule has 1 rings (SSSR count). The largest absolute Gasteiger partial charge is 0.468 e. The zero-order valence-corrected chi connectivity index (χ0v) is 9.66. The first-order valence-electron chi connectivity index (χ1n) is 4.59. The molecule has 0 atom stereocenters. The van der Waals surface area contributed by atoms with E-state index < -0.39 is 5.24 Å². The maximum atomic E-state index is 10.9. The minimum Gasteiger partial charge on any atom is -0.468 e. The standard InChI is InChI=1S/C10H13ClO2S/c1-2-3-6-14-7-9-8(10(11)12)4-5-13-9/h4-5H,2-3,6-7H2,1H3. The van der Waals surface area contributed by atoms with Crippen LogP contribution >= 0.6 is 23.4 Å². The molecule has 0 amide bonds. The number of rotatable bonds is 6. The summed E-state index contributed by atoms with van der Waals surface area (Å²) in [5.74, 6) is 2.50. The molecule has 78 valence electrons. The topological polar surface area (TPSA) is 30.2 Å². The summed E-state index contributed by atoms with van der Waals surface area (Å²) in [7, 11) is 0. The van der Waals surface area contributed by atoms with E-state index in [1.165, 1.54) is 19.1 Å². The second kappa shape index (κ2) is 6.14. The molecule has 2 nitrogen and oxygen atoms in total. The molecular formula is C10H13ClO2S. The lowest BCUT2D eigenvalue weighted by atomic mass is 10.3. The van der Waals surface area contributed by atoms with Crippen molar-refractivity contribution in [1.82, 2.24) is 0 Å². The number of unbranched alkanes of at least 4 members (excludes halogenated alkanes) is 1. The van der Waals surface area contributed by atoms with Crippen molar-refractivity contribution < 1.29 is 9.21 Å². The van der Waals surface area contributed by atoms with E-state index in [0.29, 0.717) is 11.3 Å². The summed E-state index contributed by atoms with van der Waals surface area (Å²) in [5.41, 5.74) is 0.496. The zero-order chi connectivity index (χ0) is 10.4. The Hall–Kier alpha value is -0.410. The summed E-state index contributed by atoms with van der Waals surface area (Å²) in [4.78, 5) is 10.9. The summed E-state index contributed by atoms with van der Waals surface area (Å²) in [6.07, 6.45) is 3.88. The van der Waals surface area contributed by atoms with Crippen molar-refractivity contribution in [2.45, 2.75) is 25.5 Å². The van der Waals surface area contributed by atoms with E-state index >= 15 is 0 Å². The molecule has 0 aliphatic carbocycles. The van der Waals surface area contributed by atoms with Gasteiger partial charge in [0.2, 0.25) is 0 Å². The normalized spacial score (nSPS) is 10.4. The Morgan fingerprint density at radius 1 is 1.64 bits per heavy atom. The van der Waals surface area contributed by atoms with Crippen LogP contribution < -0.4 is 0 Å². The molecule has 0 unspecified atom stereocenters. The van der Waals surface area contributed by atoms with Crippen LogP contribution in [0.1, 0.15) is 35.9 Å². The highest BCUT2D eigenvalue weighted by molar-refractivity contribution is 7.98. The van der Waals surface area contributed by atoms with E-state index in [2.05, 4.69) is 6.92 Å². The molecule has 1 aromatic rings. The van der Waals surface area contributed by atoms with Gasteiger partial charge in [0.15, 0.2) is 0 Å². The Morgan fingerprint density at radius 2 is 2.43 bits per heavy atom. The molecule has 1 heterocycles. The van der Waals surface area contributed by atoms with Crippen molar-refractivity contribution in [3.63, 3.8) is 0 Å². The minimum atomic E-state index is -0.440. The smallest absolute Gasteiger partial charge is 0.255 e. The Morgan fingerprint density at radius 3 is 3.07 bits per heavy atom. The monoisotopic (exact) mass is 232 g/mol. The van der Waals surface area contributed by atoms with Gasteiger partial charge in [-0.2, -0.15) is 11.8 Å². The van der Waals surface area contributed by atoms with Gasteiger partial charge in [-0.1, -0.05) is 13.3 Å². The fourth-order valence-corrected chi connectivity index (χ4v) is 2.25. The zero-order valence-electron chi connectivity index (χ0n) is 8.09. The summed E-state index contributed by atoms with van der Waals surface area (Å²) >= 11 is 7.14. The Balaban J connectivity index is 2.42. The van der Waals surface area contributed by atoms with Gasteiger partial charge in [-0.3, -0.25) is 4.79 Å². The Bertz CT molecular complexity index is 296. The van der Waals surface area contributed by atoms with Crippen molar-refractivity contribution >= 4 is 28.6 Å². The average Bonchev–Trinajstić information content (AvgIpc) is 2.60. The van der Waals surface area contributed by atoms with E-state index in [1.807, 2.05) is 0 Å². The summed E-state index contributed by atoms with van der Waals surface area (Å²) in [5, 5.41) is -0.440. The van der Waals surface area contributed by atoms with Crippen molar-refractivity contribution in [3.8, 4) is 0 Å². The van der Waals surface area contributed by atoms with Crippen LogP contribution in [-0.2, 0) is 5.75 Å². The van der Waals surface area contributed by atoms with Gasteiger partial charge in [0.1, 0.15) is 5.76 Å². The molecule has 0 spiro atoms. The first-order chi connectivity index (χ1) is 6.75. The van der Waals surface area contributed by atoms with E-state index in [0.717, 1.165) is 11.5 Å². The van der Waals surface area contributed by atoms with Crippen LogP contribution in [0.4, 0.5) is 0 Å². The minimum absolute atomic E-state index is 0.440. The first kappa shape index (κ1) is 11.7. The highest BCUT2D eigenvalue weighted by atomic mass is 35.5. The second-order valence-corrected chi connectivity index (χ2v) is 4.39. The molecule has 0 aliphatic heterocycles. The van der Waals surface area contributed by atoms with E-state index in [1.54, 1.807) is 17.8 Å². The van der Waals surface area contributed by atoms with Crippen molar-refractivity contribution in [2.24, 2.45) is 0 Å². The Kier molecular flexibility index (Phi) is 5.12. The third-order valence-corrected chi connectivity index (χ3v) is 3.08. The highest BCUT2D eigenvalue weighted by Gasteiger charge is 2.11. The summed E-state index contributed by atoms with van der Waals surface area (Å²) in [6.45, 7) is 2.15. The number of thioether (sulfide) groups is 1. The lowest BCUT2D eigenvalue weighted by Crippen LogP contribution is -1.91. The molecule has 0 N–H and O–H groups in total. The van der Waals surface area contributed by atoms with Crippen molar-refractivity contribution in [1.29, 1.82) is 0 Å². The number of hydrogen-bond acceptors (Lipinski definition) is 3. The SMILES string of the molecule is CCCCSCc1occc1C(=O)Cl. The molecule has 0 radical (unpaired) electrons. The van der Waals surface area contributed by atoms with Gasteiger partial charge in [0.05, 0.1) is 17.6 Å². The van der Waals surface area contributed by atoms with Crippen LogP contribution in [0.2, 0.25) is 0 Å². The third kappa shape index (κ3) is 3.39. The fraction of sp³-hybridized carbons (Fsp3) is 0.500. The molecule has 0 saturated carbocycles. The molecule has 4 heteroatoms. The number of carbonyl (C=O) groups excluding carboxylic acids is 1. The predicted molar refractivity (Wildman–Crippen MR) is 60.0 cm³/mol. The average molecular weight is 233 g/mol. The lowest BCUT2D eigenvalue weighted by molar-refractivity contribution is 0.108. The highest BCUT2D eigenvalue weighted by Crippen LogP contribution is 2.20. The maximum absolute atomic E-state index is 10.9. The molecule has 0 fully saturated rings. The Labute approximate surface area is 93.0 Å². The molecule has 0 aromatic carbocycles. The number of furan rings is 1. The maximum Gasteiger partial charge on any atom is 0.255 e. The van der Waals surface area contributed by atoms with Crippen LogP contribution in [0.25, 0.3) is 0 Å². The molecule has 1 aromatic heterocycles. The lowest BCUT2D eigenvalue weighted by Gasteiger charge is -1.98.